The summed E-state index contributed by atoms with van der Waals surface area (Å²) < 4.78 is 0. The molecule has 1 spiro atoms. The van der Waals surface area contributed by atoms with Gasteiger partial charge in [0.15, 0.2) is 0 Å². The highest BCUT2D eigenvalue weighted by molar-refractivity contribution is 4.97. The molecule has 12 heavy (non-hydrogen) atoms. The summed E-state index contributed by atoms with van der Waals surface area (Å²) in [7, 11) is 2.32. The molecule has 0 aromatic carbocycles. The van der Waals surface area contributed by atoms with Crippen LogP contribution in [0.4, 0.5) is 0 Å². The lowest BCUT2D eigenvalue weighted by Crippen LogP contribution is -2.44. The third-order valence-electron chi connectivity index (χ3n) is 4.01. The Bertz CT molecular complexity index is 166. The molecule has 0 aromatic heterocycles. The highest BCUT2D eigenvalue weighted by Gasteiger charge is 2.40. The van der Waals surface area contributed by atoms with Gasteiger partial charge in [0.1, 0.15) is 0 Å². The molecule has 1 heteroatoms. The number of nitrogens with zero attached hydrogens (tertiary/aromatic N) is 1. The van der Waals surface area contributed by atoms with Crippen molar-refractivity contribution >= 4 is 0 Å². The van der Waals surface area contributed by atoms with Crippen LogP contribution in [0, 0.1) is 5.92 Å². The van der Waals surface area contributed by atoms with Crippen LogP contribution in [-0.4, -0.2) is 24.0 Å². The van der Waals surface area contributed by atoms with Gasteiger partial charge in [-0.15, -0.1) is 0 Å². The lowest BCUT2D eigenvalue weighted by molar-refractivity contribution is 0.0942. The normalized spacial score (nSPS) is 44.0. The average Bonchev–Trinajstić information content (AvgIpc) is 2.33. The van der Waals surface area contributed by atoms with Gasteiger partial charge in [-0.2, -0.15) is 0 Å². The SMILES string of the molecule is CC1CCCC2(CCCN2C)C1. The summed E-state index contributed by atoms with van der Waals surface area (Å²) in [6, 6.07) is 0. The van der Waals surface area contributed by atoms with E-state index in [1.807, 2.05) is 0 Å². The molecule has 1 heterocycles. The van der Waals surface area contributed by atoms with E-state index >= 15 is 0 Å². The van der Waals surface area contributed by atoms with E-state index in [4.69, 9.17) is 0 Å². The Morgan fingerprint density at radius 3 is 2.58 bits per heavy atom. The molecule has 2 rings (SSSR count). The Balaban J connectivity index is 2.08. The fraction of sp³-hybridized carbons (Fsp3) is 1.00. The number of rotatable bonds is 0. The van der Waals surface area contributed by atoms with E-state index in [-0.39, 0.29) is 0 Å². The van der Waals surface area contributed by atoms with Crippen molar-refractivity contribution in [2.75, 3.05) is 13.6 Å². The minimum absolute atomic E-state index is 0.637. The zero-order chi connectivity index (χ0) is 8.60. The molecule has 0 N–H and O–H groups in total. The highest BCUT2D eigenvalue weighted by Crippen LogP contribution is 2.42. The van der Waals surface area contributed by atoms with Gasteiger partial charge in [-0.05, 0) is 45.2 Å². The van der Waals surface area contributed by atoms with E-state index in [0.29, 0.717) is 5.54 Å². The zero-order valence-corrected chi connectivity index (χ0v) is 8.47. The van der Waals surface area contributed by atoms with E-state index < -0.39 is 0 Å². The predicted molar refractivity (Wildman–Crippen MR) is 52.2 cm³/mol. The van der Waals surface area contributed by atoms with Crippen LogP contribution < -0.4 is 0 Å². The minimum Gasteiger partial charge on any atom is -0.301 e. The molecule has 2 fully saturated rings. The second-order valence-corrected chi connectivity index (χ2v) is 4.95. The van der Waals surface area contributed by atoms with E-state index in [9.17, 15) is 0 Å². The molecule has 1 saturated heterocycles. The lowest BCUT2D eigenvalue weighted by atomic mass is 9.75. The molecule has 70 valence electrons. The van der Waals surface area contributed by atoms with Crippen LogP contribution in [0.25, 0.3) is 0 Å². The first-order valence-corrected chi connectivity index (χ1v) is 5.44. The molecule has 1 nitrogen and oxygen atoms in total. The van der Waals surface area contributed by atoms with Crippen molar-refractivity contribution in [3.05, 3.63) is 0 Å². The average molecular weight is 167 g/mol. The van der Waals surface area contributed by atoms with Crippen molar-refractivity contribution < 1.29 is 0 Å². The molecule has 1 aliphatic carbocycles. The third-order valence-corrected chi connectivity index (χ3v) is 4.01. The van der Waals surface area contributed by atoms with Crippen molar-refractivity contribution in [1.29, 1.82) is 0 Å². The summed E-state index contributed by atoms with van der Waals surface area (Å²) in [6.45, 7) is 3.76. The molecule has 0 bridgehead atoms. The summed E-state index contributed by atoms with van der Waals surface area (Å²) in [4.78, 5) is 2.63. The first kappa shape index (κ1) is 8.55. The Morgan fingerprint density at radius 1 is 1.25 bits per heavy atom. The molecule has 0 aromatic rings. The molecule has 2 aliphatic rings. The topological polar surface area (TPSA) is 3.24 Å². The lowest BCUT2D eigenvalue weighted by Gasteiger charge is -2.42. The van der Waals surface area contributed by atoms with Gasteiger partial charge in [-0.1, -0.05) is 19.8 Å². The number of hydrogen-bond acceptors (Lipinski definition) is 1. The van der Waals surface area contributed by atoms with Crippen LogP contribution in [0.5, 0.6) is 0 Å². The maximum absolute atomic E-state index is 2.63. The maximum atomic E-state index is 2.63. The molecule has 1 saturated carbocycles. The van der Waals surface area contributed by atoms with Crippen molar-refractivity contribution in [3.63, 3.8) is 0 Å². The van der Waals surface area contributed by atoms with Crippen molar-refractivity contribution in [1.82, 2.24) is 4.90 Å². The number of likely N-dealkylation sites (tertiary alicyclic amines) is 1. The maximum Gasteiger partial charge on any atom is 0.0209 e. The van der Waals surface area contributed by atoms with Gasteiger partial charge in [0.2, 0.25) is 0 Å². The van der Waals surface area contributed by atoms with Crippen LogP contribution in [-0.2, 0) is 0 Å². The van der Waals surface area contributed by atoms with E-state index in [0.717, 1.165) is 5.92 Å². The summed E-state index contributed by atoms with van der Waals surface area (Å²) in [5.41, 5.74) is 0.637. The molecule has 0 amide bonds. The Hall–Kier alpha value is -0.0400. The zero-order valence-electron chi connectivity index (χ0n) is 8.47. The van der Waals surface area contributed by atoms with E-state index in [2.05, 4.69) is 18.9 Å². The van der Waals surface area contributed by atoms with Gasteiger partial charge in [-0.3, -0.25) is 0 Å². The highest BCUT2D eigenvalue weighted by atomic mass is 15.2. The van der Waals surface area contributed by atoms with Gasteiger partial charge in [0.05, 0.1) is 0 Å². The van der Waals surface area contributed by atoms with Gasteiger partial charge in [-0.25, -0.2) is 0 Å². The largest absolute Gasteiger partial charge is 0.301 e. The Labute approximate surface area is 76.1 Å². The molecular formula is C11H21N. The summed E-state index contributed by atoms with van der Waals surface area (Å²) in [5, 5.41) is 0. The van der Waals surface area contributed by atoms with Gasteiger partial charge >= 0.3 is 0 Å². The molecule has 1 aliphatic heterocycles. The number of hydrogen-bond donors (Lipinski definition) is 0. The molecule has 2 unspecified atom stereocenters. The predicted octanol–water partition coefficient (Wildman–Crippen LogP) is 2.66. The van der Waals surface area contributed by atoms with Crippen molar-refractivity contribution in [2.45, 2.75) is 51.0 Å². The molecular weight excluding hydrogens is 146 g/mol. The quantitative estimate of drug-likeness (QED) is 0.536. The van der Waals surface area contributed by atoms with Crippen LogP contribution >= 0.6 is 0 Å². The van der Waals surface area contributed by atoms with E-state index in [1.54, 1.807) is 0 Å². The van der Waals surface area contributed by atoms with E-state index in [1.165, 1.54) is 45.1 Å². The Kier molecular flexibility index (Phi) is 2.16. The third kappa shape index (κ3) is 1.28. The first-order chi connectivity index (χ1) is 5.73. The minimum atomic E-state index is 0.637. The summed E-state index contributed by atoms with van der Waals surface area (Å²) in [5.74, 6) is 0.972. The van der Waals surface area contributed by atoms with Crippen molar-refractivity contribution in [3.8, 4) is 0 Å². The van der Waals surface area contributed by atoms with Crippen LogP contribution in [0.15, 0.2) is 0 Å². The van der Waals surface area contributed by atoms with Crippen LogP contribution in [0.1, 0.15) is 45.4 Å². The van der Waals surface area contributed by atoms with Crippen LogP contribution in [0.2, 0.25) is 0 Å². The standard InChI is InChI=1S/C11H21N/c1-10-5-3-6-11(9-10)7-4-8-12(11)2/h10H,3-9H2,1-2H3. The van der Waals surface area contributed by atoms with Gasteiger partial charge < -0.3 is 4.90 Å². The summed E-state index contributed by atoms with van der Waals surface area (Å²) >= 11 is 0. The second kappa shape index (κ2) is 3.02. The fourth-order valence-electron chi connectivity index (χ4n) is 3.28. The van der Waals surface area contributed by atoms with Gasteiger partial charge in [0.25, 0.3) is 0 Å². The Morgan fingerprint density at radius 2 is 2.00 bits per heavy atom. The molecule has 0 radical (unpaired) electrons. The smallest absolute Gasteiger partial charge is 0.0209 e. The van der Waals surface area contributed by atoms with Crippen molar-refractivity contribution in [2.24, 2.45) is 5.92 Å². The van der Waals surface area contributed by atoms with Gasteiger partial charge in [0, 0.05) is 5.54 Å². The first-order valence-electron chi connectivity index (χ1n) is 5.44. The fourth-order valence-corrected chi connectivity index (χ4v) is 3.28. The van der Waals surface area contributed by atoms with Crippen LogP contribution in [0.3, 0.4) is 0 Å². The monoisotopic (exact) mass is 167 g/mol. The molecule has 2 atom stereocenters. The summed E-state index contributed by atoms with van der Waals surface area (Å²) in [6.07, 6.45) is 8.76. The second-order valence-electron chi connectivity index (χ2n) is 4.95.